The molecule has 0 saturated carbocycles. The first-order chi connectivity index (χ1) is 9.54. The average molecular weight is 267 g/mol. The summed E-state index contributed by atoms with van der Waals surface area (Å²) in [6, 6.07) is 12.8. The van der Waals surface area contributed by atoms with E-state index < -0.39 is 0 Å². The van der Waals surface area contributed by atoms with Gasteiger partial charge in [0.2, 0.25) is 0 Å². The van der Waals surface area contributed by atoms with Crippen LogP contribution in [-0.2, 0) is 12.0 Å². The van der Waals surface area contributed by atoms with Crippen molar-refractivity contribution in [3.8, 4) is 5.75 Å². The Kier molecular flexibility index (Phi) is 3.06. The van der Waals surface area contributed by atoms with Crippen LogP contribution in [0.3, 0.4) is 0 Å². The van der Waals surface area contributed by atoms with Gasteiger partial charge >= 0.3 is 0 Å². The van der Waals surface area contributed by atoms with Crippen LogP contribution in [0.15, 0.2) is 36.4 Å². The molecular weight excluding hydrogens is 246 g/mol. The molecule has 0 aliphatic heterocycles. The molecule has 1 unspecified atom stereocenters. The second-order valence-corrected chi connectivity index (χ2v) is 5.81. The first-order valence-corrected chi connectivity index (χ1v) is 7.08. The molecule has 0 aromatic heterocycles. The summed E-state index contributed by atoms with van der Waals surface area (Å²) in [5, 5.41) is 0. The second kappa shape index (κ2) is 4.64. The van der Waals surface area contributed by atoms with Gasteiger partial charge in [0.25, 0.3) is 0 Å². The molecule has 1 aliphatic carbocycles. The van der Waals surface area contributed by atoms with Crippen molar-refractivity contribution in [1.29, 1.82) is 0 Å². The van der Waals surface area contributed by atoms with E-state index in [-0.39, 0.29) is 5.54 Å². The maximum absolute atomic E-state index is 6.83. The average Bonchev–Trinajstić information content (AvgIpc) is 2.79. The molecule has 104 valence electrons. The van der Waals surface area contributed by atoms with Crippen LogP contribution in [0, 0.1) is 13.8 Å². The third-order valence-electron chi connectivity index (χ3n) is 4.46. The maximum Gasteiger partial charge on any atom is 0.119 e. The summed E-state index contributed by atoms with van der Waals surface area (Å²) in [6.45, 7) is 4.26. The van der Waals surface area contributed by atoms with Gasteiger partial charge in [-0.15, -0.1) is 0 Å². The van der Waals surface area contributed by atoms with E-state index in [1.54, 1.807) is 7.11 Å². The van der Waals surface area contributed by atoms with Crippen LogP contribution in [-0.4, -0.2) is 7.11 Å². The predicted octanol–water partition coefficient (Wildman–Crippen LogP) is 3.46. The van der Waals surface area contributed by atoms with Crippen molar-refractivity contribution in [2.24, 2.45) is 5.73 Å². The molecule has 0 amide bonds. The van der Waals surface area contributed by atoms with Crippen LogP contribution in [0.25, 0.3) is 0 Å². The van der Waals surface area contributed by atoms with E-state index in [1.165, 1.54) is 27.8 Å². The minimum absolute atomic E-state index is 0.389. The Morgan fingerprint density at radius 3 is 2.60 bits per heavy atom. The van der Waals surface area contributed by atoms with Crippen molar-refractivity contribution in [3.63, 3.8) is 0 Å². The van der Waals surface area contributed by atoms with Crippen LogP contribution in [0.2, 0.25) is 0 Å². The number of methoxy groups -OCH3 is 1. The van der Waals surface area contributed by atoms with Crippen molar-refractivity contribution in [3.05, 3.63) is 64.2 Å². The van der Waals surface area contributed by atoms with E-state index in [9.17, 15) is 0 Å². The van der Waals surface area contributed by atoms with Gasteiger partial charge in [0.1, 0.15) is 5.75 Å². The molecule has 0 bridgehead atoms. The fourth-order valence-corrected chi connectivity index (χ4v) is 3.28. The van der Waals surface area contributed by atoms with Crippen LogP contribution in [0.5, 0.6) is 5.75 Å². The second-order valence-electron chi connectivity index (χ2n) is 5.81. The van der Waals surface area contributed by atoms with E-state index in [2.05, 4.69) is 44.2 Å². The first-order valence-electron chi connectivity index (χ1n) is 7.08. The minimum Gasteiger partial charge on any atom is -0.497 e. The summed E-state index contributed by atoms with van der Waals surface area (Å²) in [4.78, 5) is 0. The summed E-state index contributed by atoms with van der Waals surface area (Å²) in [7, 11) is 1.70. The lowest BCUT2D eigenvalue weighted by molar-refractivity contribution is 0.413. The lowest BCUT2D eigenvalue weighted by Gasteiger charge is -2.28. The number of fused-ring (bicyclic) bond motifs is 1. The third kappa shape index (κ3) is 1.92. The number of nitrogens with two attached hydrogens (primary N) is 1. The predicted molar refractivity (Wildman–Crippen MR) is 82.2 cm³/mol. The third-order valence-corrected chi connectivity index (χ3v) is 4.46. The van der Waals surface area contributed by atoms with Crippen LogP contribution in [0.1, 0.15) is 34.2 Å². The fraction of sp³-hybridized carbons (Fsp3) is 0.333. The van der Waals surface area contributed by atoms with E-state index in [0.717, 1.165) is 18.6 Å². The van der Waals surface area contributed by atoms with Gasteiger partial charge in [-0.05, 0) is 61.1 Å². The molecule has 1 atom stereocenters. The topological polar surface area (TPSA) is 35.2 Å². The van der Waals surface area contributed by atoms with E-state index >= 15 is 0 Å². The highest BCUT2D eigenvalue weighted by molar-refractivity contribution is 5.52. The molecule has 2 N–H and O–H groups in total. The number of aryl methyl sites for hydroxylation is 3. The fourth-order valence-electron chi connectivity index (χ4n) is 3.28. The van der Waals surface area contributed by atoms with Gasteiger partial charge in [0.15, 0.2) is 0 Å². The highest BCUT2D eigenvalue weighted by Crippen LogP contribution is 2.42. The van der Waals surface area contributed by atoms with Gasteiger partial charge in [0, 0.05) is 0 Å². The van der Waals surface area contributed by atoms with Gasteiger partial charge in [-0.25, -0.2) is 0 Å². The number of hydrogen-bond acceptors (Lipinski definition) is 2. The highest BCUT2D eigenvalue weighted by atomic mass is 16.5. The molecule has 0 heterocycles. The highest BCUT2D eigenvalue weighted by Gasteiger charge is 2.37. The summed E-state index contributed by atoms with van der Waals surface area (Å²) in [6.07, 6.45) is 1.99. The van der Waals surface area contributed by atoms with E-state index in [0.29, 0.717) is 0 Å². The Hall–Kier alpha value is -1.80. The van der Waals surface area contributed by atoms with Gasteiger partial charge in [-0.2, -0.15) is 0 Å². The Morgan fingerprint density at radius 1 is 1.05 bits per heavy atom. The SMILES string of the molecule is COc1ccc2c(c1)C(N)(c1cc(C)ccc1C)CC2. The Morgan fingerprint density at radius 2 is 1.85 bits per heavy atom. The molecule has 2 nitrogen and oxygen atoms in total. The molecule has 1 aliphatic rings. The van der Waals surface area contributed by atoms with Gasteiger partial charge in [0.05, 0.1) is 12.6 Å². The Balaban J connectivity index is 2.18. The summed E-state index contributed by atoms with van der Waals surface area (Å²) < 4.78 is 5.37. The molecule has 2 aromatic rings. The van der Waals surface area contributed by atoms with Crippen molar-refractivity contribution in [2.45, 2.75) is 32.2 Å². The molecular formula is C18H21NO. The van der Waals surface area contributed by atoms with Crippen molar-refractivity contribution in [2.75, 3.05) is 7.11 Å². The Labute approximate surface area is 120 Å². The zero-order chi connectivity index (χ0) is 14.3. The standard InChI is InChI=1S/C18H21NO/c1-12-4-5-13(2)16(10-12)18(19)9-8-14-6-7-15(20-3)11-17(14)18/h4-7,10-11H,8-9,19H2,1-3H3. The largest absolute Gasteiger partial charge is 0.497 e. The first kappa shape index (κ1) is 13.2. The van der Waals surface area contributed by atoms with Crippen molar-refractivity contribution < 1.29 is 4.74 Å². The van der Waals surface area contributed by atoms with Gasteiger partial charge in [-0.3, -0.25) is 0 Å². The lowest BCUT2D eigenvalue weighted by Crippen LogP contribution is -2.36. The zero-order valence-corrected chi connectivity index (χ0v) is 12.4. The van der Waals surface area contributed by atoms with Crippen LogP contribution >= 0.6 is 0 Å². The van der Waals surface area contributed by atoms with E-state index in [1.807, 2.05) is 6.07 Å². The maximum atomic E-state index is 6.83. The molecule has 0 saturated heterocycles. The smallest absolute Gasteiger partial charge is 0.119 e. The molecule has 0 radical (unpaired) electrons. The monoisotopic (exact) mass is 267 g/mol. The molecule has 2 heteroatoms. The minimum atomic E-state index is -0.389. The molecule has 0 fully saturated rings. The van der Waals surface area contributed by atoms with Crippen LogP contribution < -0.4 is 10.5 Å². The zero-order valence-electron chi connectivity index (χ0n) is 12.4. The molecule has 20 heavy (non-hydrogen) atoms. The van der Waals surface area contributed by atoms with Crippen molar-refractivity contribution in [1.82, 2.24) is 0 Å². The van der Waals surface area contributed by atoms with Crippen LogP contribution in [0.4, 0.5) is 0 Å². The molecule has 3 rings (SSSR count). The Bertz CT molecular complexity index is 662. The van der Waals surface area contributed by atoms with Crippen molar-refractivity contribution >= 4 is 0 Å². The number of hydrogen-bond donors (Lipinski definition) is 1. The summed E-state index contributed by atoms with van der Waals surface area (Å²) in [5.74, 6) is 0.880. The molecule has 2 aromatic carbocycles. The number of rotatable bonds is 2. The van der Waals surface area contributed by atoms with Gasteiger partial charge < -0.3 is 10.5 Å². The number of ether oxygens (including phenoxy) is 1. The molecule has 0 spiro atoms. The normalized spacial score (nSPS) is 20.8. The van der Waals surface area contributed by atoms with E-state index in [4.69, 9.17) is 10.5 Å². The summed E-state index contributed by atoms with van der Waals surface area (Å²) >= 11 is 0. The lowest BCUT2D eigenvalue weighted by atomic mass is 9.82. The number of benzene rings is 2. The quantitative estimate of drug-likeness (QED) is 0.904. The summed E-state index contributed by atoms with van der Waals surface area (Å²) in [5.41, 5.74) is 12.8. The van der Waals surface area contributed by atoms with Gasteiger partial charge in [-0.1, -0.05) is 29.8 Å².